The number of methoxy groups -OCH3 is 1. The largest absolute Gasteiger partial charge is 0.490 e. The zero-order valence-corrected chi connectivity index (χ0v) is 15.5. The van der Waals surface area contributed by atoms with Crippen molar-refractivity contribution in [2.24, 2.45) is 0 Å². The van der Waals surface area contributed by atoms with Gasteiger partial charge < -0.3 is 14.8 Å². The van der Waals surface area contributed by atoms with E-state index in [0.29, 0.717) is 29.6 Å². The Hall–Kier alpha value is -2.33. The van der Waals surface area contributed by atoms with Gasteiger partial charge >= 0.3 is 0 Å². The Kier molecular flexibility index (Phi) is 5.62. The van der Waals surface area contributed by atoms with Crippen LogP contribution in [0.5, 0.6) is 11.6 Å². The highest BCUT2D eigenvalue weighted by molar-refractivity contribution is 7.15. The summed E-state index contributed by atoms with van der Waals surface area (Å²) in [6.07, 6.45) is 3.66. The van der Waals surface area contributed by atoms with Crippen LogP contribution in [0.1, 0.15) is 25.1 Å². The molecule has 0 aromatic carbocycles. The van der Waals surface area contributed by atoms with E-state index < -0.39 is 5.95 Å². The van der Waals surface area contributed by atoms with Crippen LogP contribution in [0.2, 0.25) is 0 Å². The fraction of sp³-hybridized carbons (Fsp3) is 0.500. The molecular weight excluding hydrogens is 361 g/mol. The number of hydrogen-bond donors (Lipinski definition) is 1. The Labute approximate surface area is 154 Å². The molecule has 26 heavy (non-hydrogen) atoms. The van der Waals surface area contributed by atoms with Crippen LogP contribution in [-0.4, -0.2) is 51.6 Å². The topological polar surface area (TPSA) is 89.5 Å². The lowest BCUT2D eigenvalue weighted by Gasteiger charge is -2.19. The monoisotopic (exact) mass is 381 g/mol. The van der Waals surface area contributed by atoms with Gasteiger partial charge in [-0.2, -0.15) is 14.4 Å². The number of nitrogens with one attached hydrogen (secondary N) is 1. The first-order valence-electron chi connectivity index (χ1n) is 8.13. The van der Waals surface area contributed by atoms with Gasteiger partial charge in [0.05, 0.1) is 18.2 Å². The van der Waals surface area contributed by atoms with Gasteiger partial charge in [-0.25, -0.2) is 4.98 Å². The van der Waals surface area contributed by atoms with E-state index in [9.17, 15) is 9.18 Å². The number of carbonyl (C=O) groups is 1. The van der Waals surface area contributed by atoms with E-state index in [1.54, 1.807) is 6.20 Å². The minimum absolute atomic E-state index is 0.0837. The molecule has 3 heterocycles. The molecule has 8 nitrogen and oxygen atoms in total. The Bertz CT molecular complexity index is 787. The minimum Gasteiger partial charge on any atom is -0.490 e. The lowest BCUT2D eigenvalue weighted by Crippen LogP contribution is -2.28. The van der Waals surface area contributed by atoms with Crippen LogP contribution >= 0.6 is 11.3 Å². The van der Waals surface area contributed by atoms with E-state index in [0.717, 1.165) is 17.8 Å². The number of ether oxygens (including phenoxy) is 2. The molecule has 0 spiro atoms. The fourth-order valence-corrected chi connectivity index (χ4v) is 3.78. The van der Waals surface area contributed by atoms with Crippen LogP contribution in [0.15, 0.2) is 12.5 Å². The van der Waals surface area contributed by atoms with E-state index >= 15 is 0 Å². The Morgan fingerprint density at radius 1 is 1.54 bits per heavy atom. The molecule has 2 atom stereocenters. The molecule has 0 saturated carbocycles. The summed E-state index contributed by atoms with van der Waals surface area (Å²) in [6.45, 7) is 4.46. The van der Waals surface area contributed by atoms with Crippen LogP contribution in [0.25, 0.3) is 0 Å². The van der Waals surface area contributed by atoms with Crippen molar-refractivity contribution in [3.05, 3.63) is 23.3 Å². The second-order valence-corrected chi connectivity index (χ2v) is 7.15. The molecule has 0 bridgehead atoms. The zero-order chi connectivity index (χ0) is 18.7. The van der Waals surface area contributed by atoms with Gasteiger partial charge in [0.15, 0.2) is 10.9 Å². The first-order chi connectivity index (χ1) is 12.5. The first-order valence-corrected chi connectivity index (χ1v) is 8.95. The van der Waals surface area contributed by atoms with E-state index in [1.807, 2.05) is 0 Å². The van der Waals surface area contributed by atoms with Crippen LogP contribution in [0.3, 0.4) is 0 Å². The maximum atomic E-state index is 14.0. The van der Waals surface area contributed by atoms with Crippen molar-refractivity contribution in [2.75, 3.05) is 19.0 Å². The average Bonchev–Trinajstić information content (AvgIpc) is 3.10. The lowest BCUT2D eigenvalue weighted by atomic mass is 10.2. The van der Waals surface area contributed by atoms with Gasteiger partial charge in [-0.1, -0.05) is 11.3 Å². The summed E-state index contributed by atoms with van der Waals surface area (Å²) in [5, 5.41) is 2.79. The van der Waals surface area contributed by atoms with Crippen molar-refractivity contribution in [1.29, 1.82) is 0 Å². The molecule has 0 radical (unpaired) electrons. The molecule has 2 aromatic rings. The molecule has 10 heteroatoms. The number of hydrogen-bond acceptors (Lipinski definition) is 8. The van der Waals surface area contributed by atoms with Crippen molar-refractivity contribution < 1.29 is 18.7 Å². The van der Waals surface area contributed by atoms with Gasteiger partial charge in [0, 0.05) is 32.5 Å². The molecule has 0 aliphatic carbocycles. The molecule has 1 fully saturated rings. The number of carbonyl (C=O) groups excluding carboxylic acids is 1. The lowest BCUT2D eigenvalue weighted by molar-refractivity contribution is -0.114. The predicted molar refractivity (Wildman–Crippen MR) is 93.9 cm³/mol. The minimum atomic E-state index is -0.548. The SMILES string of the molecule is COc1cncnc1O[C@@H]1C[C@H](C)N(Cc2sc(NC(C)=O)nc2F)C1. The molecule has 2 aromatic heterocycles. The normalized spacial score (nSPS) is 20.2. The summed E-state index contributed by atoms with van der Waals surface area (Å²) in [5.74, 6) is 0.0606. The molecule has 1 aliphatic rings. The number of rotatable bonds is 6. The van der Waals surface area contributed by atoms with Crippen LogP contribution in [-0.2, 0) is 11.3 Å². The van der Waals surface area contributed by atoms with Crippen molar-refractivity contribution in [3.63, 3.8) is 0 Å². The van der Waals surface area contributed by atoms with Crippen LogP contribution < -0.4 is 14.8 Å². The van der Waals surface area contributed by atoms with Crippen LogP contribution in [0.4, 0.5) is 9.52 Å². The van der Waals surface area contributed by atoms with E-state index in [-0.39, 0.29) is 23.2 Å². The van der Waals surface area contributed by atoms with Gasteiger partial charge in [-0.15, -0.1) is 0 Å². The second-order valence-electron chi connectivity index (χ2n) is 6.06. The van der Waals surface area contributed by atoms with Gasteiger partial charge in [0.2, 0.25) is 11.9 Å². The summed E-state index contributed by atoms with van der Waals surface area (Å²) in [7, 11) is 1.54. The Morgan fingerprint density at radius 3 is 3.08 bits per heavy atom. The van der Waals surface area contributed by atoms with E-state index in [1.165, 1.54) is 20.4 Å². The third kappa shape index (κ3) is 4.25. The molecule has 3 rings (SSSR count). The number of thiazole rings is 1. The van der Waals surface area contributed by atoms with Gasteiger partial charge in [-0.3, -0.25) is 9.69 Å². The summed E-state index contributed by atoms with van der Waals surface area (Å²) < 4.78 is 25.2. The highest BCUT2D eigenvalue weighted by Gasteiger charge is 2.32. The van der Waals surface area contributed by atoms with Gasteiger partial charge in [0.1, 0.15) is 12.4 Å². The predicted octanol–water partition coefficient (Wildman–Crippen LogP) is 2.08. The standard InChI is InChI=1S/C16H20FN5O3S/c1-9-4-11(25-15-12(24-3)5-18-8-19-15)6-22(9)7-13-14(17)21-16(26-13)20-10(2)23/h5,8-9,11H,4,6-7H2,1-3H3,(H,20,21,23)/t9-,11+/m0/s1. The summed E-state index contributed by atoms with van der Waals surface area (Å²) in [5.41, 5.74) is 0. The second kappa shape index (κ2) is 7.92. The third-order valence-corrected chi connectivity index (χ3v) is 5.02. The Balaban J connectivity index is 1.64. The van der Waals surface area contributed by atoms with Crippen molar-refractivity contribution >= 4 is 22.4 Å². The number of amides is 1. The molecule has 1 amide bonds. The number of aromatic nitrogens is 3. The van der Waals surface area contributed by atoms with Crippen LogP contribution in [0, 0.1) is 5.95 Å². The number of anilines is 1. The van der Waals surface area contributed by atoms with E-state index in [2.05, 4.69) is 32.1 Å². The zero-order valence-electron chi connectivity index (χ0n) is 14.7. The quantitative estimate of drug-likeness (QED) is 0.819. The molecule has 0 unspecified atom stereocenters. The highest BCUT2D eigenvalue weighted by atomic mass is 32.1. The first kappa shape index (κ1) is 18.5. The molecule has 140 valence electrons. The summed E-state index contributed by atoms with van der Waals surface area (Å²) >= 11 is 1.15. The smallest absolute Gasteiger partial charge is 0.260 e. The molecular formula is C16H20FN5O3S. The van der Waals surface area contributed by atoms with Gasteiger partial charge in [-0.05, 0) is 6.92 Å². The van der Waals surface area contributed by atoms with Gasteiger partial charge in [0.25, 0.3) is 5.88 Å². The van der Waals surface area contributed by atoms with Crippen molar-refractivity contribution in [3.8, 4) is 11.6 Å². The van der Waals surface area contributed by atoms with Crippen molar-refractivity contribution in [2.45, 2.75) is 39.0 Å². The van der Waals surface area contributed by atoms with Crippen molar-refractivity contribution in [1.82, 2.24) is 19.9 Å². The summed E-state index contributed by atoms with van der Waals surface area (Å²) in [6, 6.07) is 0.207. The fourth-order valence-electron chi connectivity index (χ4n) is 2.86. The molecule has 1 saturated heterocycles. The maximum absolute atomic E-state index is 14.0. The maximum Gasteiger partial charge on any atom is 0.260 e. The average molecular weight is 381 g/mol. The molecule has 1 N–H and O–H groups in total. The summed E-state index contributed by atoms with van der Waals surface area (Å²) in [4.78, 5) is 25.5. The molecule has 1 aliphatic heterocycles. The number of nitrogens with zero attached hydrogens (tertiary/aromatic N) is 4. The Morgan fingerprint density at radius 2 is 2.35 bits per heavy atom. The highest BCUT2D eigenvalue weighted by Crippen LogP contribution is 2.30. The third-order valence-electron chi connectivity index (χ3n) is 4.09. The van der Waals surface area contributed by atoms with E-state index in [4.69, 9.17) is 9.47 Å². The number of likely N-dealkylation sites (tertiary alicyclic amines) is 1. The number of halogens is 1.